The maximum Gasteiger partial charge on any atom is 0.407 e. The van der Waals surface area contributed by atoms with Gasteiger partial charge in [-0.3, -0.25) is 4.79 Å². The van der Waals surface area contributed by atoms with Gasteiger partial charge in [0, 0.05) is 6.54 Å². The average Bonchev–Trinajstić information content (AvgIpc) is 2.73. The second-order valence-electron chi connectivity index (χ2n) is 3.28. The SMILES string of the molecule is COC(=O)NCC(=O)N1CCCC1C=O. The van der Waals surface area contributed by atoms with Crippen LogP contribution >= 0.6 is 0 Å². The first kappa shape index (κ1) is 11.5. The quantitative estimate of drug-likeness (QED) is 0.644. The van der Waals surface area contributed by atoms with Gasteiger partial charge in [0.1, 0.15) is 12.8 Å². The molecule has 1 fully saturated rings. The Morgan fingerprint density at radius 2 is 2.33 bits per heavy atom. The van der Waals surface area contributed by atoms with E-state index >= 15 is 0 Å². The minimum Gasteiger partial charge on any atom is -0.453 e. The summed E-state index contributed by atoms with van der Waals surface area (Å²) < 4.78 is 4.33. The maximum absolute atomic E-state index is 11.5. The molecule has 1 aliphatic heterocycles. The lowest BCUT2D eigenvalue weighted by molar-refractivity contribution is -0.133. The Morgan fingerprint density at radius 1 is 1.60 bits per heavy atom. The normalized spacial score (nSPS) is 19.8. The van der Waals surface area contributed by atoms with E-state index in [1.807, 2.05) is 0 Å². The number of rotatable bonds is 3. The van der Waals surface area contributed by atoms with Crippen LogP contribution in [0.25, 0.3) is 0 Å². The minimum atomic E-state index is -0.648. The number of alkyl carbamates (subject to hydrolysis) is 1. The lowest BCUT2D eigenvalue weighted by atomic mass is 10.2. The third-order valence-corrected chi connectivity index (χ3v) is 2.35. The first-order valence-corrected chi connectivity index (χ1v) is 4.75. The number of hydrogen-bond donors (Lipinski definition) is 1. The van der Waals surface area contributed by atoms with Gasteiger partial charge in [0.25, 0.3) is 0 Å². The van der Waals surface area contributed by atoms with E-state index in [9.17, 15) is 14.4 Å². The summed E-state index contributed by atoms with van der Waals surface area (Å²) in [6, 6.07) is -0.336. The van der Waals surface area contributed by atoms with Crippen LogP contribution in [-0.2, 0) is 14.3 Å². The molecule has 0 aromatic heterocycles. The van der Waals surface area contributed by atoms with Crippen molar-refractivity contribution >= 4 is 18.3 Å². The molecular weight excluding hydrogens is 200 g/mol. The highest BCUT2D eigenvalue weighted by Gasteiger charge is 2.27. The molecule has 2 amide bonds. The van der Waals surface area contributed by atoms with Crippen LogP contribution in [0.3, 0.4) is 0 Å². The molecule has 84 valence electrons. The van der Waals surface area contributed by atoms with Gasteiger partial charge < -0.3 is 19.7 Å². The number of carbonyl (C=O) groups excluding carboxylic acids is 3. The topological polar surface area (TPSA) is 75.7 Å². The molecule has 0 aromatic carbocycles. The molecule has 6 nitrogen and oxygen atoms in total. The predicted molar refractivity (Wildman–Crippen MR) is 51.2 cm³/mol. The Balaban J connectivity index is 2.39. The molecule has 0 aromatic rings. The number of carbonyl (C=O) groups is 3. The second-order valence-corrected chi connectivity index (χ2v) is 3.28. The van der Waals surface area contributed by atoms with Crippen molar-refractivity contribution in [3.8, 4) is 0 Å². The van der Waals surface area contributed by atoms with Crippen LogP contribution in [0.2, 0.25) is 0 Å². The highest BCUT2D eigenvalue weighted by Crippen LogP contribution is 2.14. The average molecular weight is 214 g/mol. The van der Waals surface area contributed by atoms with Crippen molar-refractivity contribution in [3.63, 3.8) is 0 Å². The van der Waals surface area contributed by atoms with E-state index in [0.29, 0.717) is 13.0 Å². The fourth-order valence-electron chi connectivity index (χ4n) is 1.57. The Kier molecular flexibility index (Phi) is 4.08. The van der Waals surface area contributed by atoms with E-state index in [4.69, 9.17) is 0 Å². The number of amides is 2. The van der Waals surface area contributed by atoms with Crippen molar-refractivity contribution < 1.29 is 19.1 Å². The number of likely N-dealkylation sites (tertiary alicyclic amines) is 1. The molecule has 0 aliphatic carbocycles. The van der Waals surface area contributed by atoms with Crippen molar-refractivity contribution in [2.45, 2.75) is 18.9 Å². The summed E-state index contributed by atoms with van der Waals surface area (Å²) in [6.07, 6.45) is 1.65. The summed E-state index contributed by atoms with van der Waals surface area (Å²) in [6.45, 7) is 0.447. The Morgan fingerprint density at radius 3 is 2.93 bits per heavy atom. The fraction of sp³-hybridized carbons (Fsp3) is 0.667. The number of nitrogens with zero attached hydrogens (tertiary/aromatic N) is 1. The molecule has 0 spiro atoms. The Bertz CT molecular complexity index is 267. The number of nitrogens with one attached hydrogen (secondary N) is 1. The van der Waals surface area contributed by atoms with Crippen LogP contribution in [0.1, 0.15) is 12.8 Å². The second kappa shape index (κ2) is 5.33. The van der Waals surface area contributed by atoms with Crippen molar-refractivity contribution in [3.05, 3.63) is 0 Å². The zero-order chi connectivity index (χ0) is 11.3. The van der Waals surface area contributed by atoms with Crippen LogP contribution in [0.5, 0.6) is 0 Å². The molecule has 0 bridgehead atoms. The van der Waals surface area contributed by atoms with Crippen molar-refractivity contribution in [1.29, 1.82) is 0 Å². The monoisotopic (exact) mass is 214 g/mol. The Hall–Kier alpha value is -1.59. The zero-order valence-electron chi connectivity index (χ0n) is 8.56. The molecule has 1 rings (SSSR count). The fourth-order valence-corrected chi connectivity index (χ4v) is 1.57. The highest BCUT2D eigenvalue weighted by molar-refractivity contribution is 5.84. The Labute approximate surface area is 87.6 Å². The molecule has 15 heavy (non-hydrogen) atoms. The van der Waals surface area contributed by atoms with Crippen LogP contribution in [0, 0.1) is 0 Å². The van der Waals surface area contributed by atoms with E-state index in [1.165, 1.54) is 12.0 Å². The molecule has 1 heterocycles. The van der Waals surface area contributed by atoms with Gasteiger partial charge >= 0.3 is 6.09 Å². The van der Waals surface area contributed by atoms with Gasteiger partial charge in [0.2, 0.25) is 5.91 Å². The molecule has 1 aliphatic rings. The van der Waals surface area contributed by atoms with E-state index in [0.717, 1.165) is 12.7 Å². The van der Waals surface area contributed by atoms with Crippen molar-refractivity contribution in [1.82, 2.24) is 10.2 Å². The summed E-state index contributed by atoms with van der Waals surface area (Å²) in [5.74, 6) is -0.255. The lowest BCUT2D eigenvalue weighted by Gasteiger charge is -2.20. The number of methoxy groups -OCH3 is 1. The summed E-state index contributed by atoms with van der Waals surface area (Å²) in [5.41, 5.74) is 0. The number of ether oxygens (including phenoxy) is 1. The molecular formula is C9H14N2O4. The number of aldehydes is 1. The standard InChI is InChI=1S/C9H14N2O4/c1-15-9(14)10-5-8(13)11-4-2-3-7(11)6-12/h6-7H,2-5H2,1H3,(H,10,14). The molecule has 6 heteroatoms. The highest BCUT2D eigenvalue weighted by atomic mass is 16.5. The van der Waals surface area contributed by atoms with Gasteiger partial charge in [-0.15, -0.1) is 0 Å². The van der Waals surface area contributed by atoms with Gasteiger partial charge in [-0.2, -0.15) is 0 Å². The molecule has 0 saturated carbocycles. The predicted octanol–water partition coefficient (Wildman–Crippen LogP) is -0.468. The van der Waals surface area contributed by atoms with Crippen LogP contribution in [0.15, 0.2) is 0 Å². The zero-order valence-corrected chi connectivity index (χ0v) is 8.56. The van der Waals surface area contributed by atoms with Crippen molar-refractivity contribution in [2.75, 3.05) is 20.2 Å². The van der Waals surface area contributed by atoms with Crippen LogP contribution < -0.4 is 5.32 Å². The third kappa shape index (κ3) is 2.93. The van der Waals surface area contributed by atoms with Gasteiger partial charge in [0.05, 0.1) is 13.2 Å². The summed E-state index contributed by atoms with van der Waals surface area (Å²) in [5, 5.41) is 2.29. The maximum atomic E-state index is 11.5. The molecule has 1 atom stereocenters. The van der Waals surface area contributed by atoms with E-state index in [-0.39, 0.29) is 18.5 Å². The summed E-state index contributed by atoms with van der Waals surface area (Å²) in [4.78, 5) is 34.3. The molecule has 1 N–H and O–H groups in total. The minimum absolute atomic E-state index is 0.128. The summed E-state index contributed by atoms with van der Waals surface area (Å²) >= 11 is 0. The smallest absolute Gasteiger partial charge is 0.407 e. The van der Waals surface area contributed by atoms with E-state index in [1.54, 1.807) is 0 Å². The molecule has 1 unspecified atom stereocenters. The first-order chi connectivity index (χ1) is 7.19. The van der Waals surface area contributed by atoms with Crippen LogP contribution in [0.4, 0.5) is 4.79 Å². The number of hydrogen-bond acceptors (Lipinski definition) is 4. The largest absolute Gasteiger partial charge is 0.453 e. The van der Waals surface area contributed by atoms with Gasteiger partial charge in [0.15, 0.2) is 0 Å². The van der Waals surface area contributed by atoms with Gasteiger partial charge in [-0.25, -0.2) is 4.79 Å². The van der Waals surface area contributed by atoms with Crippen LogP contribution in [-0.4, -0.2) is 49.4 Å². The van der Waals surface area contributed by atoms with Gasteiger partial charge in [-0.1, -0.05) is 0 Å². The third-order valence-electron chi connectivity index (χ3n) is 2.35. The van der Waals surface area contributed by atoms with E-state index in [2.05, 4.69) is 10.1 Å². The molecule has 0 radical (unpaired) electrons. The van der Waals surface area contributed by atoms with Crippen molar-refractivity contribution in [2.24, 2.45) is 0 Å². The lowest BCUT2D eigenvalue weighted by Crippen LogP contribution is -2.43. The van der Waals surface area contributed by atoms with E-state index < -0.39 is 6.09 Å². The molecule has 1 saturated heterocycles. The first-order valence-electron chi connectivity index (χ1n) is 4.75. The summed E-state index contributed by atoms with van der Waals surface area (Å²) in [7, 11) is 1.23. The van der Waals surface area contributed by atoms with Gasteiger partial charge in [-0.05, 0) is 12.8 Å².